The fourth-order valence-electron chi connectivity index (χ4n) is 2.60. The zero-order valence-corrected chi connectivity index (χ0v) is 15.1. The van der Waals surface area contributed by atoms with Crippen LogP contribution in [0, 0.1) is 11.8 Å². The Bertz CT molecular complexity index is 830. The smallest absolute Gasteiger partial charge is 0.287 e. The zero-order chi connectivity index (χ0) is 17.6. The molecule has 1 aromatic carbocycles. The quantitative estimate of drug-likeness (QED) is 0.803. The summed E-state index contributed by atoms with van der Waals surface area (Å²) in [6.07, 6.45) is 2.63. The van der Waals surface area contributed by atoms with Gasteiger partial charge < -0.3 is 14.6 Å². The maximum absolute atomic E-state index is 11.9. The first kappa shape index (κ1) is 17.3. The fourth-order valence-corrected chi connectivity index (χ4v) is 2.90. The minimum atomic E-state index is -0.307. The molecule has 1 fully saturated rings. The molecule has 1 aliphatic rings. The van der Waals surface area contributed by atoms with Gasteiger partial charge in [-0.2, -0.15) is 0 Å². The maximum Gasteiger partial charge on any atom is 0.287 e. The Morgan fingerprint density at radius 2 is 2.00 bits per heavy atom. The lowest BCUT2D eigenvalue weighted by molar-refractivity contribution is -0.119. The van der Waals surface area contributed by atoms with Gasteiger partial charge in [-0.15, -0.1) is 0 Å². The molecule has 25 heavy (non-hydrogen) atoms. The van der Waals surface area contributed by atoms with Gasteiger partial charge in [0.1, 0.15) is 0 Å². The number of piperidine rings is 1. The highest BCUT2D eigenvalue weighted by Crippen LogP contribution is 2.21. The summed E-state index contributed by atoms with van der Waals surface area (Å²) in [5.41, 5.74) is 1.75. The number of halogens is 1. The molecule has 2 amide bonds. The van der Waals surface area contributed by atoms with Gasteiger partial charge in [-0.25, -0.2) is 0 Å². The van der Waals surface area contributed by atoms with Crippen LogP contribution in [0.4, 0.5) is 5.69 Å². The van der Waals surface area contributed by atoms with Crippen LogP contribution in [0.5, 0.6) is 0 Å². The summed E-state index contributed by atoms with van der Waals surface area (Å²) in [6, 6.07) is 10.8. The van der Waals surface area contributed by atoms with E-state index in [4.69, 9.17) is 4.42 Å². The molecule has 128 valence electrons. The number of anilines is 1. The molecular formula is C19H17BrN2O3. The summed E-state index contributed by atoms with van der Waals surface area (Å²) in [5.74, 6) is 6.00. The van der Waals surface area contributed by atoms with Crippen molar-refractivity contribution in [1.82, 2.24) is 5.32 Å². The van der Waals surface area contributed by atoms with Crippen LogP contribution in [0.3, 0.4) is 0 Å². The normalized spacial score (nSPS) is 14.0. The minimum Gasteiger partial charge on any atom is -0.444 e. The van der Waals surface area contributed by atoms with E-state index in [0.29, 0.717) is 11.1 Å². The third-order valence-corrected chi connectivity index (χ3v) is 4.30. The molecule has 0 saturated carbocycles. The monoisotopic (exact) mass is 400 g/mol. The van der Waals surface area contributed by atoms with Gasteiger partial charge in [0.2, 0.25) is 5.91 Å². The van der Waals surface area contributed by atoms with Crippen molar-refractivity contribution in [2.75, 3.05) is 18.0 Å². The van der Waals surface area contributed by atoms with Crippen molar-refractivity contribution in [2.45, 2.75) is 19.3 Å². The molecule has 5 nitrogen and oxygen atoms in total. The molecule has 1 N–H and O–H groups in total. The third kappa shape index (κ3) is 4.52. The highest BCUT2D eigenvalue weighted by Gasteiger charge is 2.19. The zero-order valence-electron chi connectivity index (χ0n) is 13.5. The van der Waals surface area contributed by atoms with Gasteiger partial charge in [-0.1, -0.05) is 11.8 Å². The summed E-state index contributed by atoms with van der Waals surface area (Å²) in [4.78, 5) is 25.5. The standard InChI is InChI=1S/C19H17BrN2O3/c20-17-11-10-16(25-17)19(24)21-12-3-4-14-6-8-15(9-7-14)22-13-2-1-5-18(22)23/h6-11H,1-2,5,12-13H2,(H,21,24). The summed E-state index contributed by atoms with van der Waals surface area (Å²) in [5, 5.41) is 2.67. The summed E-state index contributed by atoms with van der Waals surface area (Å²) >= 11 is 3.15. The molecular weight excluding hydrogens is 384 g/mol. The van der Waals surface area contributed by atoms with E-state index < -0.39 is 0 Å². The number of nitrogens with zero attached hydrogens (tertiary/aromatic N) is 1. The predicted octanol–water partition coefficient (Wildman–Crippen LogP) is 3.34. The molecule has 0 atom stereocenters. The van der Waals surface area contributed by atoms with Crippen LogP contribution in [0.15, 0.2) is 45.5 Å². The van der Waals surface area contributed by atoms with E-state index in [2.05, 4.69) is 33.1 Å². The highest BCUT2D eigenvalue weighted by molar-refractivity contribution is 9.10. The van der Waals surface area contributed by atoms with Gasteiger partial charge in [0.25, 0.3) is 5.91 Å². The molecule has 0 unspecified atom stereocenters. The average Bonchev–Trinajstić information content (AvgIpc) is 3.06. The lowest BCUT2D eigenvalue weighted by Gasteiger charge is -2.26. The number of carbonyl (C=O) groups is 2. The van der Waals surface area contributed by atoms with Gasteiger partial charge >= 0.3 is 0 Å². The number of nitrogens with one attached hydrogen (secondary N) is 1. The van der Waals surface area contributed by atoms with E-state index in [1.807, 2.05) is 29.2 Å². The van der Waals surface area contributed by atoms with Crippen LogP contribution in [0.25, 0.3) is 0 Å². The van der Waals surface area contributed by atoms with Crippen molar-refractivity contribution in [2.24, 2.45) is 0 Å². The van der Waals surface area contributed by atoms with E-state index in [1.54, 1.807) is 12.1 Å². The van der Waals surface area contributed by atoms with Crippen LogP contribution < -0.4 is 10.2 Å². The Kier molecular flexibility index (Phi) is 5.56. The Morgan fingerprint density at radius 1 is 1.20 bits per heavy atom. The fraction of sp³-hybridized carbons (Fsp3) is 0.263. The summed E-state index contributed by atoms with van der Waals surface area (Å²) in [7, 11) is 0. The first-order valence-corrected chi connectivity index (χ1v) is 8.85. The predicted molar refractivity (Wildman–Crippen MR) is 98.3 cm³/mol. The van der Waals surface area contributed by atoms with Crippen molar-refractivity contribution in [3.05, 3.63) is 52.4 Å². The summed E-state index contributed by atoms with van der Waals surface area (Å²) < 4.78 is 5.67. The van der Waals surface area contributed by atoms with Crippen LogP contribution in [-0.2, 0) is 4.79 Å². The first-order valence-electron chi connectivity index (χ1n) is 8.06. The van der Waals surface area contributed by atoms with E-state index >= 15 is 0 Å². The van der Waals surface area contributed by atoms with Crippen LogP contribution in [0.1, 0.15) is 35.4 Å². The summed E-state index contributed by atoms with van der Waals surface area (Å²) in [6.45, 7) is 1.00. The Labute approximate surface area is 154 Å². The molecule has 1 aromatic heterocycles. The molecule has 1 saturated heterocycles. The molecule has 0 radical (unpaired) electrons. The molecule has 2 aromatic rings. The highest BCUT2D eigenvalue weighted by atomic mass is 79.9. The van der Waals surface area contributed by atoms with Gasteiger partial charge in [-0.05, 0) is 65.2 Å². The molecule has 0 spiro atoms. The van der Waals surface area contributed by atoms with E-state index in [9.17, 15) is 9.59 Å². The number of hydrogen-bond acceptors (Lipinski definition) is 3. The lowest BCUT2D eigenvalue weighted by Crippen LogP contribution is -2.35. The van der Waals surface area contributed by atoms with Gasteiger partial charge in [-0.3, -0.25) is 9.59 Å². The second kappa shape index (κ2) is 8.04. The second-order valence-electron chi connectivity index (χ2n) is 5.64. The van der Waals surface area contributed by atoms with Gasteiger partial charge in [0.05, 0.1) is 6.54 Å². The Morgan fingerprint density at radius 3 is 2.68 bits per heavy atom. The van der Waals surface area contributed by atoms with Gasteiger partial charge in [0.15, 0.2) is 10.4 Å². The van der Waals surface area contributed by atoms with Crippen molar-refractivity contribution in [1.29, 1.82) is 0 Å². The topological polar surface area (TPSA) is 62.6 Å². The maximum atomic E-state index is 11.9. The molecule has 0 bridgehead atoms. The molecule has 1 aliphatic heterocycles. The van der Waals surface area contributed by atoms with Crippen molar-refractivity contribution >= 4 is 33.4 Å². The second-order valence-corrected chi connectivity index (χ2v) is 6.42. The molecule has 0 aliphatic carbocycles. The number of furan rings is 1. The number of benzene rings is 1. The molecule has 6 heteroatoms. The number of carbonyl (C=O) groups excluding carboxylic acids is 2. The van der Waals surface area contributed by atoms with E-state index in [0.717, 1.165) is 30.6 Å². The Hall–Kier alpha value is -2.52. The van der Waals surface area contributed by atoms with Crippen molar-refractivity contribution < 1.29 is 14.0 Å². The van der Waals surface area contributed by atoms with Crippen molar-refractivity contribution in [3.8, 4) is 11.8 Å². The molecule has 2 heterocycles. The van der Waals surface area contributed by atoms with Crippen molar-refractivity contribution in [3.63, 3.8) is 0 Å². The lowest BCUT2D eigenvalue weighted by atomic mass is 10.1. The average molecular weight is 401 g/mol. The Balaban J connectivity index is 1.54. The minimum absolute atomic E-state index is 0.178. The van der Waals surface area contributed by atoms with E-state index in [1.165, 1.54) is 0 Å². The van der Waals surface area contributed by atoms with Crippen LogP contribution in [0.2, 0.25) is 0 Å². The largest absolute Gasteiger partial charge is 0.444 e. The van der Waals surface area contributed by atoms with Gasteiger partial charge in [0, 0.05) is 24.2 Å². The number of hydrogen-bond donors (Lipinski definition) is 1. The number of amides is 2. The van der Waals surface area contributed by atoms with Crippen LogP contribution in [-0.4, -0.2) is 24.9 Å². The first-order chi connectivity index (χ1) is 12.1. The third-order valence-electron chi connectivity index (χ3n) is 3.87. The number of rotatable bonds is 3. The molecule has 3 rings (SSSR count). The van der Waals surface area contributed by atoms with E-state index in [-0.39, 0.29) is 24.1 Å². The van der Waals surface area contributed by atoms with Crippen LogP contribution >= 0.6 is 15.9 Å². The SMILES string of the molecule is O=C(NCC#Cc1ccc(N2CCCCC2=O)cc1)c1ccc(Br)o1.